The van der Waals surface area contributed by atoms with Gasteiger partial charge < -0.3 is 10.5 Å². The number of piperidine rings is 1. The fourth-order valence-electron chi connectivity index (χ4n) is 3.70. The second-order valence-corrected chi connectivity index (χ2v) is 7.38. The van der Waals surface area contributed by atoms with Crippen LogP contribution < -0.4 is 11.1 Å². The van der Waals surface area contributed by atoms with Crippen molar-refractivity contribution < 1.29 is 9.53 Å². The molecule has 5 heteroatoms. The van der Waals surface area contributed by atoms with Crippen LogP contribution in [-0.2, 0) is 9.53 Å². The molecule has 0 aromatic rings. The van der Waals surface area contributed by atoms with Crippen LogP contribution in [-0.4, -0.2) is 54.7 Å². The van der Waals surface area contributed by atoms with Crippen LogP contribution in [0, 0.1) is 5.92 Å². The Morgan fingerprint density at radius 2 is 2.19 bits per heavy atom. The number of carbonyl (C=O) groups excluding carboxylic acids is 1. The Bertz CT molecular complexity index is 384. The van der Waals surface area contributed by atoms with E-state index in [2.05, 4.69) is 31.0 Å². The molecule has 21 heavy (non-hydrogen) atoms. The smallest absolute Gasteiger partial charge is 0.239 e. The Hall–Kier alpha value is -0.650. The molecule has 2 unspecified atom stereocenters. The van der Waals surface area contributed by atoms with Crippen molar-refractivity contribution >= 4 is 5.91 Å². The van der Waals surface area contributed by atoms with Gasteiger partial charge in [0.2, 0.25) is 5.91 Å². The molecular formula is C16H31N3O2. The molecule has 2 atom stereocenters. The number of nitrogens with two attached hydrogens (primary N) is 1. The van der Waals surface area contributed by atoms with Gasteiger partial charge in [-0.25, -0.2) is 0 Å². The van der Waals surface area contributed by atoms with E-state index in [1.165, 1.54) is 0 Å². The van der Waals surface area contributed by atoms with Crippen molar-refractivity contribution in [2.45, 2.75) is 63.6 Å². The van der Waals surface area contributed by atoms with Gasteiger partial charge in [0.1, 0.15) is 5.54 Å². The monoisotopic (exact) mass is 297 g/mol. The van der Waals surface area contributed by atoms with Gasteiger partial charge in [0.05, 0.1) is 5.60 Å². The van der Waals surface area contributed by atoms with E-state index in [1.807, 2.05) is 0 Å². The number of hydrogen-bond donors (Lipinski definition) is 2. The van der Waals surface area contributed by atoms with E-state index in [0.29, 0.717) is 12.5 Å². The highest BCUT2D eigenvalue weighted by Gasteiger charge is 2.51. The third-order valence-electron chi connectivity index (χ3n) is 4.96. The molecule has 1 aliphatic heterocycles. The number of nitrogens with one attached hydrogen (secondary N) is 1. The molecule has 3 N–H and O–H groups in total. The second-order valence-electron chi connectivity index (χ2n) is 7.38. The third-order valence-corrected chi connectivity index (χ3v) is 4.96. The van der Waals surface area contributed by atoms with E-state index in [0.717, 1.165) is 38.8 Å². The maximum atomic E-state index is 12.2. The summed E-state index contributed by atoms with van der Waals surface area (Å²) >= 11 is 0. The van der Waals surface area contributed by atoms with Gasteiger partial charge in [-0.05, 0) is 58.9 Å². The van der Waals surface area contributed by atoms with E-state index in [1.54, 1.807) is 7.11 Å². The maximum absolute atomic E-state index is 12.2. The number of nitrogens with zero attached hydrogens (tertiary/aromatic N) is 1. The summed E-state index contributed by atoms with van der Waals surface area (Å²) in [5, 5.41) is 3.49. The minimum absolute atomic E-state index is 0.108. The van der Waals surface area contributed by atoms with Crippen molar-refractivity contribution in [3.63, 3.8) is 0 Å². The number of likely N-dealkylation sites (tertiary alicyclic amines) is 1. The zero-order valence-corrected chi connectivity index (χ0v) is 13.9. The lowest BCUT2D eigenvalue weighted by Crippen LogP contribution is -2.66. The number of amides is 1. The molecule has 1 heterocycles. The molecule has 5 nitrogen and oxygen atoms in total. The fraction of sp³-hybridized carbons (Fsp3) is 0.938. The summed E-state index contributed by atoms with van der Waals surface area (Å²) in [4.78, 5) is 14.6. The third kappa shape index (κ3) is 3.76. The molecular weight excluding hydrogens is 266 g/mol. The van der Waals surface area contributed by atoms with Gasteiger partial charge >= 0.3 is 0 Å². The number of methoxy groups -OCH3 is 1. The molecule has 0 radical (unpaired) electrons. The minimum Gasteiger partial charge on any atom is -0.377 e. The van der Waals surface area contributed by atoms with Crippen molar-refractivity contribution in [3.8, 4) is 0 Å². The van der Waals surface area contributed by atoms with Crippen LogP contribution in [0.15, 0.2) is 0 Å². The number of hydrogen-bond acceptors (Lipinski definition) is 4. The van der Waals surface area contributed by atoms with Crippen LogP contribution >= 0.6 is 0 Å². The maximum Gasteiger partial charge on any atom is 0.239 e. The van der Waals surface area contributed by atoms with Gasteiger partial charge in [-0.3, -0.25) is 15.0 Å². The van der Waals surface area contributed by atoms with E-state index in [-0.39, 0.29) is 17.6 Å². The molecule has 0 aromatic carbocycles. The van der Waals surface area contributed by atoms with Crippen LogP contribution in [0.2, 0.25) is 0 Å². The molecule has 1 amide bonds. The number of ether oxygens (including phenoxy) is 1. The highest BCUT2D eigenvalue weighted by atomic mass is 16.5. The predicted octanol–water partition coefficient (Wildman–Crippen LogP) is 1.12. The van der Waals surface area contributed by atoms with Gasteiger partial charge in [0.25, 0.3) is 0 Å². The van der Waals surface area contributed by atoms with Crippen molar-refractivity contribution in [3.05, 3.63) is 0 Å². The fourth-order valence-corrected chi connectivity index (χ4v) is 3.70. The van der Waals surface area contributed by atoms with Gasteiger partial charge in [-0.1, -0.05) is 0 Å². The van der Waals surface area contributed by atoms with Gasteiger partial charge in [-0.2, -0.15) is 0 Å². The molecule has 1 aliphatic carbocycles. The van der Waals surface area contributed by atoms with Crippen LogP contribution in [0.4, 0.5) is 0 Å². The summed E-state index contributed by atoms with van der Waals surface area (Å²) in [7, 11) is 1.78. The molecule has 0 aromatic heterocycles. The van der Waals surface area contributed by atoms with Crippen LogP contribution in [0.3, 0.4) is 0 Å². The summed E-state index contributed by atoms with van der Waals surface area (Å²) in [5.74, 6) is 0.177. The summed E-state index contributed by atoms with van der Waals surface area (Å²) in [5.41, 5.74) is 5.13. The van der Waals surface area contributed by atoms with Crippen LogP contribution in [0.5, 0.6) is 0 Å². The minimum atomic E-state index is -0.583. The first-order valence-electron chi connectivity index (χ1n) is 8.16. The van der Waals surface area contributed by atoms with E-state index < -0.39 is 5.54 Å². The van der Waals surface area contributed by atoms with Crippen molar-refractivity contribution in [2.75, 3.05) is 26.7 Å². The first kappa shape index (κ1) is 16.7. The second kappa shape index (κ2) is 6.23. The van der Waals surface area contributed by atoms with E-state index in [4.69, 9.17) is 10.5 Å². The molecule has 0 bridgehead atoms. The van der Waals surface area contributed by atoms with E-state index >= 15 is 0 Å². The summed E-state index contributed by atoms with van der Waals surface area (Å²) in [6.07, 6.45) is 4.37. The van der Waals surface area contributed by atoms with Crippen LogP contribution in [0.1, 0.15) is 46.5 Å². The summed E-state index contributed by atoms with van der Waals surface area (Å²) in [6, 6.07) is 0.247. The van der Waals surface area contributed by atoms with Gasteiger partial charge in [0, 0.05) is 26.2 Å². The van der Waals surface area contributed by atoms with Crippen molar-refractivity contribution in [1.82, 2.24) is 10.2 Å². The Balaban J connectivity index is 2.13. The lowest BCUT2D eigenvalue weighted by Gasteiger charge is -2.44. The van der Waals surface area contributed by atoms with E-state index in [9.17, 15) is 4.79 Å². The van der Waals surface area contributed by atoms with Crippen molar-refractivity contribution in [2.24, 2.45) is 11.7 Å². The lowest BCUT2D eigenvalue weighted by atomic mass is 9.87. The van der Waals surface area contributed by atoms with Gasteiger partial charge in [-0.15, -0.1) is 0 Å². The zero-order chi connectivity index (χ0) is 15.7. The SMILES string of the molecule is COC1(C)CCCN(CC(NC(C)C)(C(N)=O)C2CC2)C1. The topological polar surface area (TPSA) is 67.6 Å². The van der Waals surface area contributed by atoms with Gasteiger partial charge in [0.15, 0.2) is 0 Å². The number of carbonyl (C=O) groups is 1. The summed E-state index contributed by atoms with van der Waals surface area (Å²) < 4.78 is 5.66. The average molecular weight is 297 g/mol. The van der Waals surface area contributed by atoms with Crippen molar-refractivity contribution in [1.29, 1.82) is 0 Å². The normalized spacial score (nSPS) is 30.3. The molecule has 2 fully saturated rings. The summed E-state index contributed by atoms with van der Waals surface area (Å²) in [6.45, 7) is 8.89. The largest absolute Gasteiger partial charge is 0.377 e. The Labute approximate surface area is 128 Å². The first-order valence-corrected chi connectivity index (χ1v) is 8.16. The lowest BCUT2D eigenvalue weighted by molar-refractivity contribution is -0.128. The molecule has 2 rings (SSSR count). The highest BCUT2D eigenvalue weighted by Crippen LogP contribution is 2.41. The number of rotatable bonds is 7. The Morgan fingerprint density at radius 3 is 2.67 bits per heavy atom. The molecule has 0 spiro atoms. The molecule has 122 valence electrons. The quantitative estimate of drug-likeness (QED) is 0.739. The number of primary amides is 1. The molecule has 2 aliphatic rings. The average Bonchev–Trinajstić information content (AvgIpc) is 3.21. The first-order chi connectivity index (χ1) is 9.81. The Morgan fingerprint density at radius 1 is 1.52 bits per heavy atom. The molecule has 1 saturated carbocycles. The predicted molar refractivity (Wildman–Crippen MR) is 84.0 cm³/mol. The zero-order valence-electron chi connectivity index (χ0n) is 13.9. The standard InChI is InChI=1S/C16H31N3O2/c1-12(2)18-16(14(17)20,13-6-7-13)11-19-9-5-8-15(3,10-19)21-4/h12-13,18H,5-11H2,1-4H3,(H2,17,20). The molecule has 1 saturated heterocycles. The van der Waals surface area contributed by atoms with Crippen LogP contribution in [0.25, 0.3) is 0 Å². The highest BCUT2D eigenvalue weighted by molar-refractivity contribution is 5.86. The Kier molecular flexibility index (Phi) is 4.96.